The Morgan fingerprint density at radius 1 is 1.50 bits per heavy atom. The molecule has 5 heteroatoms. The molecule has 0 aliphatic heterocycles. The highest BCUT2D eigenvalue weighted by atomic mass is 79.9. The highest BCUT2D eigenvalue weighted by Gasteiger charge is 2.29. The topological polar surface area (TPSA) is 20.3 Å². The zero-order chi connectivity index (χ0) is 14.1. The number of hydrogen-bond donors (Lipinski definition) is 0. The molecule has 2 heterocycles. The summed E-state index contributed by atoms with van der Waals surface area (Å²) in [6.07, 6.45) is 3.25. The molecule has 106 valence electrons. The predicted molar refractivity (Wildman–Crippen MR) is 88.5 cm³/mol. The van der Waals surface area contributed by atoms with Gasteiger partial charge in [0.25, 0.3) is 0 Å². The van der Waals surface area contributed by atoms with Gasteiger partial charge in [-0.1, -0.05) is 0 Å². The van der Waals surface area contributed by atoms with E-state index in [1.54, 1.807) is 22.7 Å². The van der Waals surface area contributed by atoms with Crippen LogP contribution in [0.2, 0.25) is 0 Å². The van der Waals surface area contributed by atoms with Gasteiger partial charge in [-0.3, -0.25) is 4.79 Å². The Labute approximate surface area is 135 Å². The van der Waals surface area contributed by atoms with E-state index in [-0.39, 0.29) is 11.8 Å². The molecule has 0 saturated heterocycles. The monoisotopic (exact) mass is 369 g/mol. The van der Waals surface area contributed by atoms with Crippen molar-refractivity contribution >= 4 is 44.5 Å². The number of aryl methyl sites for hydroxylation is 1. The summed E-state index contributed by atoms with van der Waals surface area (Å²) >= 11 is 6.94. The number of rotatable bonds is 3. The van der Waals surface area contributed by atoms with Gasteiger partial charge in [-0.25, -0.2) is 0 Å². The number of nitrogens with zero attached hydrogens (tertiary/aromatic N) is 1. The van der Waals surface area contributed by atoms with Crippen LogP contribution in [0.1, 0.15) is 34.1 Å². The minimum absolute atomic E-state index is 0.0680. The third kappa shape index (κ3) is 2.85. The summed E-state index contributed by atoms with van der Waals surface area (Å²) in [6.45, 7) is 0.699. The smallest absolute Gasteiger partial charge is 0.230 e. The zero-order valence-electron chi connectivity index (χ0n) is 11.3. The van der Waals surface area contributed by atoms with E-state index in [1.807, 2.05) is 11.9 Å². The summed E-state index contributed by atoms with van der Waals surface area (Å²) in [4.78, 5) is 17.2. The Morgan fingerprint density at radius 3 is 3.10 bits per heavy atom. The Bertz CT molecular complexity index is 619. The van der Waals surface area contributed by atoms with Crippen LogP contribution in [0.4, 0.5) is 0 Å². The van der Waals surface area contributed by atoms with E-state index in [4.69, 9.17) is 0 Å². The molecule has 0 aromatic carbocycles. The first-order valence-electron chi connectivity index (χ1n) is 6.69. The summed E-state index contributed by atoms with van der Waals surface area (Å²) in [5.41, 5.74) is 1.27. The van der Waals surface area contributed by atoms with Crippen LogP contribution in [0, 0.1) is 0 Å². The van der Waals surface area contributed by atoms with Crippen molar-refractivity contribution in [1.29, 1.82) is 0 Å². The fourth-order valence-electron chi connectivity index (χ4n) is 2.76. The average molecular weight is 370 g/mol. The van der Waals surface area contributed by atoms with E-state index in [0.717, 1.165) is 23.7 Å². The van der Waals surface area contributed by atoms with Crippen LogP contribution in [0.3, 0.4) is 0 Å². The standard InChI is InChI=1S/C15H16BrNOS2/c1-17(8-11-7-10(16)9-20-11)15(18)13-3-2-4-14-12(13)5-6-19-14/h5-7,9,13H,2-4,8H2,1H3. The minimum atomic E-state index is 0.0680. The lowest BCUT2D eigenvalue weighted by Crippen LogP contribution is -2.32. The molecular formula is C15H16BrNOS2. The normalized spacial score (nSPS) is 17.8. The van der Waals surface area contributed by atoms with Crippen molar-refractivity contribution in [1.82, 2.24) is 4.90 Å². The molecule has 20 heavy (non-hydrogen) atoms. The number of carbonyl (C=O) groups excluding carboxylic acids is 1. The van der Waals surface area contributed by atoms with Crippen molar-refractivity contribution in [3.05, 3.63) is 42.7 Å². The molecule has 2 aromatic heterocycles. The number of carbonyl (C=O) groups is 1. The van der Waals surface area contributed by atoms with Crippen LogP contribution >= 0.6 is 38.6 Å². The molecule has 0 spiro atoms. The third-order valence-electron chi connectivity index (χ3n) is 3.74. The molecule has 0 bridgehead atoms. The first-order chi connectivity index (χ1) is 9.65. The first kappa shape index (κ1) is 14.3. The van der Waals surface area contributed by atoms with Gasteiger partial charge in [-0.15, -0.1) is 22.7 Å². The summed E-state index contributed by atoms with van der Waals surface area (Å²) in [5, 5.41) is 4.18. The molecule has 1 aliphatic carbocycles. The van der Waals surface area contributed by atoms with Crippen LogP contribution in [-0.2, 0) is 17.8 Å². The zero-order valence-corrected chi connectivity index (χ0v) is 14.5. The quantitative estimate of drug-likeness (QED) is 0.770. The largest absolute Gasteiger partial charge is 0.340 e. The van der Waals surface area contributed by atoms with E-state index in [1.165, 1.54) is 15.3 Å². The summed E-state index contributed by atoms with van der Waals surface area (Å²) in [6, 6.07) is 4.22. The second kappa shape index (κ2) is 6.00. The van der Waals surface area contributed by atoms with Crippen molar-refractivity contribution in [3.63, 3.8) is 0 Å². The lowest BCUT2D eigenvalue weighted by atomic mass is 9.87. The van der Waals surface area contributed by atoms with Gasteiger partial charge < -0.3 is 4.90 Å². The van der Waals surface area contributed by atoms with Crippen molar-refractivity contribution in [2.75, 3.05) is 7.05 Å². The van der Waals surface area contributed by atoms with Crippen LogP contribution in [0.25, 0.3) is 0 Å². The van der Waals surface area contributed by atoms with Crippen molar-refractivity contribution in [2.24, 2.45) is 0 Å². The van der Waals surface area contributed by atoms with Crippen LogP contribution in [-0.4, -0.2) is 17.9 Å². The van der Waals surface area contributed by atoms with Gasteiger partial charge >= 0.3 is 0 Å². The van der Waals surface area contributed by atoms with Crippen molar-refractivity contribution < 1.29 is 4.79 Å². The molecule has 1 atom stereocenters. The number of thiophene rings is 2. The Morgan fingerprint density at radius 2 is 2.35 bits per heavy atom. The molecular weight excluding hydrogens is 354 g/mol. The molecule has 0 saturated carbocycles. The first-order valence-corrected chi connectivity index (χ1v) is 9.24. The highest BCUT2D eigenvalue weighted by Crippen LogP contribution is 2.36. The van der Waals surface area contributed by atoms with E-state index in [0.29, 0.717) is 6.54 Å². The number of halogens is 1. The molecule has 1 amide bonds. The van der Waals surface area contributed by atoms with Gasteiger partial charge in [-0.05, 0) is 58.3 Å². The van der Waals surface area contributed by atoms with Gasteiger partial charge in [0.15, 0.2) is 0 Å². The van der Waals surface area contributed by atoms with E-state index in [2.05, 4.69) is 38.8 Å². The predicted octanol–water partition coefficient (Wildman–Crippen LogP) is 4.65. The highest BCUT2D eigenvalue weighted by molar-refractivity contribution is 9.10. The molecule has 2 aromatic rings. The van der Waals surface area contributed by atoms with Gasteiger partial charge in [0.1, 0.15) is 0 Å². The Kier molecular flexibility index (Phi) is 4.29. The van der Waals surface area contributed by atoms with E-state index < -0.39 is 0 Å². The van der Waals surface area contributed by atoms with E-state index in [9.17, 15) is 4.79 Å². The fraction of sp³-hybridized carbons (Fsp3) is 0.400. The molecule has 1 unspecified atom stereocenters. The van der Waals surface area contributed by atoms with Gasteiger partial charge in [0.05, 0.1) is 12.5 Å². The van der Waals surface area contributed by atoms with Crippen LogP contribution < -0.4 is 0 Å². The Balaban J connectivity index is 1.73. The maximum absolute atomic E-state index is 12.7. The SMILES string of the molecule is CN(Cc1cc(Br)cs1)C(=O)C1CCCc2sccc21. The fourth-order valence-corrected chi connectivity index (χ4v) is 5.25. The average Bonchev–Trinajstić information content (AvgIpc) is 3.06. The number of amides is 1. The molecule has 2 nitrogen and oxygen atoms in total. The molecule has 1 aliphatic rings. The summed E-state index contributed by atoms with van der Waals surface area (Å²) < 4.78 is 1.09. The van der Waals surface area contributed by atoms with Gasteiger partial charge in [0.2, 0.25) is 5.91 Å². The van der Waals surface area contributed by atoms with Crippen LogP contribution in [0.5, 0.6) is 0 Å². The maximum atomic E-state index is 12.7. The maximum Gasteiger partial charge on any atom is 0.230 e. The molecule has 3 rings (SSSR count). The number of likely N-dealkylation sites (N-methyl/N-ethyl adjacent to an activating group) is 1. The lowest BCUT2D eigenvalue weighted by molar-refractivity contribution is -0.132. The van der Waals surface area contributed by atoms with Crippen molar-refractivity contribution in [2.45, 2.75) is 31.7 Å². The lowest BCUT2D eigenvalue weighted by Gasteiger charge is -2.26. The minimum Gasteiger partial charge on any atom is -0.340 e. The Hall–Kier alpha value is -0.650. The van der Waals surface area contributed by atoms with E-state index >= 15 is 0 Å². The molecule has 0 N–H and O–H groups in total. The molecule has 0 fully saturated rings. The number of hydrogen-bond acceptors (Lipinski definition) is 3. The van der Waals surface area contributed by atoms with Gasteiger partial charge in [0, 0.05) is 26.7 Å². The van der Waals surface area contributed by atoms with Crippen LogP contribution in [0.15, 0.2) is 27.4 Å². The third-order valence-corrected chi connectivity index (χ3v) is 6.42. The second-order valence-corrected chi connectivity index (χ2v) is 8.08. The van der Waals surface area contributed by atoms with Crippen molar-refractivity contribution in [3.8, 4) is 0 Å². The van der Waals surface area contributed by atoms with Gasteiger partial charge in [-0.2, -0.15) is 0 Å². The summed E-state index contributed by atoms with van der Waals surface area (Å²) in [7, 11) is 1.91. The second-order valence-electron chi connectivity index (χ2n) is 5.17. The summed E-state index contributed by atoms with van der Waals surface area (Å²) in [5.74, 6) is 0.326. The number of fused-ring (bicyclic) bond motifs is 1. The molecule has 0 radical (unpaired) electrons.